The lowest BCUT2D eigenvalue weighted by molar-refractivity contribution is 0.305. The Kier molecular flexibility index (Phi) is 4.59. The molecule has 0 amide bonds. The molecule has 2 rings (SSSR count). The highest BCUT2D eigenvalue weighted by atomic mass is 16.5. The normalized spacial score (nSPS) is 16.8. The first kappa shape index (κ1) is 12.1. The van der Waals surface area contributed by atoms with Crippen molar-refractivity contribution < 1.29 is 4.74 Å². The summed E-state index contributed by atoms with van der Waals surface area (Å²) in [5.41, 5.74) is 0. The van der Waals surface area contributed by atoms with Gasteiger partial charge in [-0.2, -0.15) is 0 Å². The second-order valence-electron chi connectivity index (χ2n) is 4.57. The molecular weight excluding hydrogens is 214 g/mol. The fourth-order valence-corrected chi connectivity index (χ4v) is 2.16. The Balaban J connectivity index is 1.90. The van der Waals surface area contributed by atoms with Crippen LogP contribution in [0.4, 0.5) is 5.82 Å². The van der Waals surface area contributed by atoms with Crippen LogP contribution in [-0.4, -0.2) is 22.6 Å². The summed E-state index contributed by atoms with van der Waals surface area (Å²) in [5.74, 6) is 1.55. The molecule has 0 radical (unpaired) electrons. The lowest BCUT2D eigenvalue weighted by Crippen LogP contribution is -2.22. The van der Waals surface area contributed by atoms with Gasteiger partial charge in [-0.3, -0.25) is 0 Å². The predicted octanol–water partition coefficient (Wildman–Crippen LogP) is 3.01. The summed E-state index contributed by atoms with van der Waals surface area (Å²) in [6.45, 7) is 2.79. The van der Waals surface area contributed by atoms with Crippen LogP contribution < -0.4 is 10.1 Å². The maximum atomic E-state index is 5.49. The van der Waals surface area contributed by atoms with Crippen molar-refractivity contribution in [3.8, 4) is 5.88 Å². The topological polar surface area (TPSA) is 47.0 Å². The predicted molar refractivity (Wildman–Crippen MR) is 68.3 cm³/mol. The van der Waals surface area contributed by atoms with Gasteiger partial charge in [0.25, 0.3) is 0 Å². The summed E-state index contributed by atoms with van der Waals surface area (Å²) >= 11 is 0. The van der Waals surface area contributed by atoms with E-state index in [9.17, 15) is 0 Å². The van der Waals surface area contributed by atoms with Crippen molar-refractivity contribution in [3.63, 3.8) is 0 Å². The molecule has 0 saturated heterocycles. The number of nitrogens with one attached hydrogen (secondary N) is 1. The Hall–Kier alpha value is -1.32. The van der Waals surface area contributed by atoms with Gasteiger partial charge in [-0.1, -0.05) is 26.2 Å². The molecule has 4 heteroatoms. The molecule has 1 aromatic rings. The SMILES string of the molecule is CCCOc1cc(NC2CCCCC2)ncn1. The van der Waals surface area contributed by atoms with Gasteiger partial charge in [-0.05, 0) is 19.3 Å². The van der Waals surface area contributed by atoms with Crippen LogP contribution in [0.2, 0.25) is 0 Å². The summed E-state index contributed by atoms with van der Waals surface area (Å²) in [4.78, 5) is 8.34. The third-order valence-electron chi connectivity index (χ3n) is 3.05. The van der Waals surface area contributed by atoms with Crippen molar-refractivity contribution in [1.82, 2.24) is 9.97 Å². The molecule has 1 heterocycles. The molecular formula is C13H21N3O. The molecule has 1 fully saturated rings. The Labute approximate surface area is 103 Å². The molecule has 0 spiro atoms. The van der Waals surface area contributed by atoms with Crippen molar-refractivity contribution in [3.05, 3.63) is 12.4 Å². The van der Waals surface area contributed by atoms with Crippen LogP contribution in [0.5, 0.6) is 5.88 Å². The van der Waals surface area contributed by atoms with E-state index < -0.39 is 0 Å². The molecule has 1 saturated carbocycles. The first-order valence-corrected chi connectivity index (χ1v) is 6.60. The Morgan fingerprint density at radius 1 is 1.29 bits per heavy atom. The van der Waals surface area contributed by atoms with Crippen LogP contribution in [0.25, 0.3) is 0 Å². The largest absolute Gasteiger partial charge is 0.478 e. The van der Waals surface area contributed by atoms with E-state index in [1.54, 1.807) is 6.33 Å². The maximum absolute atomic E-state index is 5.49. The molecule has 0 unspecified atom stereocenters. The van der Waals surface area contributed by atoms with E-state index in [2.05, 4.69) is 22.2 Å². The van der Waals surface area contributed by atoms with Gasteiger partial charge in [0.05, 0.1) is 6.61 Å². The Morgan fingerprint density at radius 2 is 2.12 bits per heavy atom. The van der Waals surface area contributed by atoms with Crippen molar-refractivity contribution >= 4 is 5.82 Å². The lowest BCUT2D eigenvalue weighted by Gasteiger charge is -2.23. The minimum absolute atomic E-state index is 0.567. The zero-order chi connectivity index (χ0) is 11.9. The maximum Gasteiger partial charge on any atom is 0.218 e. The van der Waals surface area contributed by atoms with E-state index >= 15 is 0 Å². The summed E-state index contributed by atoms with van der Waals surface area (Å²) in [5, 5.41) is 3.47. The third kappa shape index (κ3) is 3.88. The first-order chi connectivity index (χ1) is 8.38. The van der Waals surface area contributed by atoms with Gasteiger partial charge >= 0.3 is 0 Å². The quantitative estimate of drug-likeness (QED) is 0.852. The van der Waals surface area contributed by atoms with Crippen LogP contribution in [-0.2, 0) is 0 Å². The number of rotatable bonds is 5. The number of anilines is 1. The molecule has 0 bridgehead atoms. The van der Waals surface area contributed by atoms with Gasteiger partial charge < -0.3 is 10.1 Å². The summed E-state index contributed by atoms with van der Waals surface area (Å²) < 4.78 is 5.49. The van der Waals surface area contributed by atoms with E-state index in [0.717, 1.165) is 12.2 Å². The Bertz CT molecular complexity index is 337. The van der Waals surface area contributed by atoms with Crippen molar-refractivity contribution in [2.45, 2.75) is 51.5 Å². The van der Waals surface area contributed by atoms with Crippen LogP contribution in [0.3, 0.4) is 0 Å². The standard InChI is InChI=1S/C13H21N3O/c1-2-8-17-13-9-12(14-10-15-13)16-11-6-4-3-5-7-11/h9-11H,2-8H2,1H3,(H,14,15,16). The van der Waals surface area contributed by atoms with E-state index in [1.165, 1.54) is 32.1 Å². The van der Waals surface area contributed by atoms with Crippen LogP contribution in [0, 0.1) is 0 Å². The molecule has 94 valence electrons. The second kappa shape index (κ2) is 6.42. The first-order valence-electron chi connectivity index (χ1n) is 6.60. The lowest BCUT2D eigenvalue weighted by atomic mass is 9.95. The van der Waals surface area contributed by atoms with E-state index in [4.69, 9.17) is 4.74 Å². The molecule has 0 atom stereocenters. The smallest absolute Gasteiger partial charge is 0.218 e. The van der Waals surface area contributed by atoms with E-state index in [1.807, 2.05) is 6.07 Å². The molecule has 0 aliphatic heterocycles. The number of aromatic nitrogens is 2. The van der Waals surface area contributed by atoms with E-state index in [-0.39, 0.29) is 0 Å². The highest BCUT2D eigenvalue weighted by molar-refractivity contribution is 5.38. The molecule has 1 aliphatic carbocycles. The zero-order valence-corrected chi connectivity index (χ0v) is 10.5. The highest BCUT2D eigenvalue weighted by Crippen LogP contribution is 2.21. The molecule has 1 aliphatic rings. The third-order valence-corrected chi connectivity index (χ3v) is 3.05. The van der Waals surface area contributed by atoms with Crippen LogP contribution >= 0.6 is 0 Å². The van der Waals surface area contributed by atoms with Crippen molar-refractivity contribution in [1.29, 1.82) is 0 Å². The second-order valence-corrected chi connectivity index (χ2v) is 4.57. The van der Waals surface area contributed by atoms with Crippen LogP contribution in [0.1, 0.15) is 45.4 Å². The van der Waals surface area contributed by atoms with Gasteiger partial charge in [0.1, 0.15) is 12.1 Å². The van der Waals surface area contributed by atoms with Crippen molar-refractivity contribution in [2.24, 2.45) is 0 Å². The van der Waals surface area contributed by atoms with E-state index in [0.29, 0.717) is 18.5 Å². The molecule has 17 heavy (non-hydrogen) atoms. The average molecular weight is 235 g/mol. The minimum Gasteiger partial charge on any atom is -0.478 e. The fourth-order valence-electron chi connectivity index (χ4n) is 2.16. The number of ether oxygens (including phenoxy) is 1. The summed E-state index contributed by atoms with van der Waals surface area (Å²) in [6.07, 6.45) is 9.06. The van der Waals surface area contributed by atoms with Gasteiger partial charge in [0.2, 0.25) is 5.88 Å². The average Bonchev–Trinajstić information content (AvgIpc) is 2.38. The summed E-state index contributed by atoms with van der Waals surface area (Å²) in [6, 6.07) is 2.46. The number of hydrogen-bond donors (Lipinski definition) is 1. The van der Waals surface area contributed by atoms with Gasteiger partial charge in [-0.15, -0.1) is 0 Å². The minimum atomic E-state index is 0.567. The van der Waals surface area contributed by atoms with Gasteiger partial charge in [0, 0.05) is 12.1 Å². The molecule has 1 N–H and O–H groups in total. The van der Waals surface area contributed by atoms with Gasteiger partial charge in [-0.25, -0.2) is 9.97 Å². The Morgan fingerprint density at radius 3 is 2.88 bits per heavy atom. The van der Waals surface area contributed by atoms with Gasteiger partial charge in [0.15, 0.2) is 0 Å². The van der Waals surface area contributed by atoms with Crippen LogP contribution in [0.15, 0.2) is 12.4 Å². The van der Waals surface area contributed by atoms with Crippen molar-refractivity contribution in [2.75, 3.05) is 11.9 Å². The number of hydrogen-bond acceptors (Lipinski definition) is 4. The molecule has 0 aromatic carbocycles. The molecule has 4 nitrogen and oxygen atoms in total. The molecule has 1 aromatic heterocycles. The monoisotopic (exact) mass is 235 g/mol. The highest BCUT2D eigenvalue weighted by Gasteiger charge is 2.13. The zero-order valence-electron chi connectivity index (χ0n) is 10.5. The fraction of sp³-hybridized carbons (Fsp3) is 0.692. The number of nitrogens with zero attached hydrogens (tertiary/aromatic N) is 2. The summed E-state index contributed by atoms with van der Waals surface area (Å²) in [7, 11) is 0.